The van der Waals surface area contributed by atoms with E-state index in [1.54, 1.807) is 24.3 Å². The number of hydrogen-bond donors (Lipinski definition) is 1. The van der Waals surface area contributed by atoms with Crippen molar-refractivity contribution < 1.29 is 18.9 Å². The Hall–Kier alpha value is -3.67. The Balaban J connectivity index is 1.87. The van der Waals surface area contributed by atoms with Crippen LogP contribution in [-0.4, -0.2) is 23.1 Å². The molecule has 2 aromatic rings. The van der Waals surface area contributed by atoms with Gasteiger partial charge in [0.25, 0.3) is 5.91 Å². The number of carbonyl (C=O) groups is 1. The van der Waals surface area contributed by atoms with Crippen LogP contribution in [0.15, 0.2) is 45.9 Å². The molecule has 0 aliphatic rings. The summed E-state index contributed by atoms with van der Waals surface area (Å²) in [6.07, 6.45) is 0.306. The van der Waals surface area contributed by atoms with Gasteiger partial charge in [-0.05, 0) is 37.3 Å². The number of benzene rings is 1. The number of carbonyl (C=O) groups excluding carboxylic acids is 1. The highest BCUT2D eigenvalue weighted by Gasteiger charge is 2.14. The molecule has 1 N–H and O–H groups in total. The predicted octanol–water partition coefficient (Wildman–Crippen LogP) is 1.98. The summed E-state index contributed by atoms with van der Waals surface area (Å²) in [6, 6.07) is 10.8. The fourth-order valence-corrected chi connectivity index (χ4v) is 1.63. The van der Waals surface area contributed by atoms with Gasteiger partial charge in [-0.3, -0.25) is 14.9 Å². The standard InChI is InChI=1S/C15H12N4O5/c1-10(23-12-4-2-11(8-16)3-5-12)15(20)18-17-9-13-6-7-14(24-13)19(21)22/h2-7,9-10H,1H3,(H,18,20)/b17-9+. The van der Waals surface area contributed by atoms with Crippen LogP contribution >= 0.6 is 0 Å². The van der Waals surface area contributed by atoms with E-state index < -0.39 is 22.8 Å². The van der Waals surface area contributed by atoms with Crippen molar-refractivity contribution in [3.63, 3.8) is 0 Å². The number of furan rings is 1. The van der Waals surface area contributed by atoms with Crippen LogP contribution in [0.4, 0.5) is 5.88 Å². The van der Waals surface area contributed by atoms with Crippen LogP contribution in [0.5, 0.6) is 5.75 Å². The van der Waals surface area contributed by atoms with Crippen LogP contribution in [0, 0.1) is 21.4 Å². The largest absolute Gasteiger partial charge is 0.481 e. The Morgan fingerprint density at radius 3 is 2.71 bits per heavy atom. The summed E-state index contributed by atoms with van der Waals surface area (Å²) in [5.74, 6) is -0.373. The maximum atomic E-state index is 11.8. The van der Waals surface area contributed by atoms with Crippen LogP contribution in [0.2, 0.25) is 0 Å². The van der Waals surface area contributed by atoms with Crippen LogP contribution in [0.1, 0.15) is 18.2 Å². The molecule has 1 unspecified atom stereocenters. The first-order valence-electron chi connectivity index (χ1n) is 6.73. The molecule has 1 heterocycles. The lowest BCUT2D eigenvalue weighted by Gasteiger charge is -2.12. The highest BCUT2D eigenvalue weighted by molar-refractivity contribution is 5.83. The molecule has 9 heteroatoms. The second-order valence-electron chi connectivity index (χ2n) is 4.56. The minimum atomic E-state index is -0.832. The van der Waals surface area contributed by atoms with Crippen LogP contribution in [-0.2, 0) is 4.79 Å². The van der Waals surface area contributed by atoms with Gasteiger partial charge in [0.2, 0.25) is 0 Å². The molecule has 2 rings (SSSR count). The maximum absolute atomic E-state index is 11.8. The molecule has 9 nitrogen and oxygen atoms in total. The van der Waals surface area contributed by atoms with Gasteiger partial charge in [0.1, 0.15) is 10.7 Å². The summed E-state index contributed by atoms with van der Waals surface area (Å²) in [4.78, 5) is 21.6. The second kappa shape index (κ2) is 7.55. The van der Waals surface area contributed by atoms with E-state index in [9.17, 15) is 14.9 Å². The fraction of sp³-hybridized carbons (Fsp3) is 0.133. The maximum Gasteiger partial charge on any atom is 0.433 e. The summed E-state index contributed by atoms with van der Waals surface area (Å²) >= 11 is 0. The molecule has 0 saturated carbocycles. The van der Waals surface area contributed by atoms with E-state index in [0.29, 0.717) is 11.3 Å². The lowest BCUT2D eigenvalue weighted by Crippen LogP contribution is -2.33. The molecule has 0 radical (unpaired) electrons. The molecule has 122 valence electrons. The topological polar surface area (TPSA) is 131 Å². The SMILES string of the molecule is CC(Oc1ccc(C#N)cc1)C(=O)N/N=C/c1ccc([N+](=O)[O-])o1. The van der Waals surface area contributed by atoms with E-state index in [0.717, 1.165) is 6.21 Å². The average molecular weight is 328 g/mol. The molecule has 1 aromatic heterocycles. The number of nitrogens with one attached hydrogen (secondary N) is 1. The molecule has 0 saturated heterocycles. The molecule has 0 aliphatic carbocycles. The molecule has 24 heavy (non-hydrogen) atoms. The number of nitriles is 1. The van der Waals surface area contributed by atoms with Gasteiger partial charge in [0.05, 0.1) is 23.9 Å². The molecule has 0 bridgehead atoms. The quantitative estimate of drug-likeness (QED) is 0.490. The van der Waals surface area contributed by atoms with Crippen molar-refractivity contribution in [2.24, 2.45) is 5.10 Å². The van der Waals surface area contributed by atoms with Crippen LogP contribution in [0.25, 0.3) is 0 Å². The Kier molecular flexibility index (Phi) is 5.25. The number of amides is 1. The number of hydrazone groups is 1. The number of nitro groups is 1. The first-order chi connectivity index (χ1) is 11.5. The smallest absolute Gasteiger partial charge is 0.433 e. The third-order valence-electron chi connectivity index (χ3n) is 2.82. The summed E-state index contributed by atoms with van der Waals surface area (Å²) in [5.41, 5.74) is 2.72. The van der Waals surface area contributed by atoms with Crippen LogP contribution < -0.4 is 10.2 Å². The van der Waals surface area contributed by atoms with Gasteiger partial charge in [-0.2, -0.15) is 10.4 Å². The van der Waals surface area contributed by atoms with Gasteiger partial charge in [-0.1, -0.05) is 0 Å². The summed E-state index contributed by atoms with van der Waals surface area (Å²) in [6.45, 7) is 1.53. The van der Waals surface area contributed by atoms with E-state index in [2.05, 4.69) is 10.5 Å². The van der Waals surface area contributed by atoms with Gasteiger partial charge in [-0.25, -0.2) is 5.43 Å². The van der Waals surface area contributed by atoms with Crippen molar-refractivity contribution in [3.05, 3.63) is 57.8 Å². The minimum absolute atomic E-state index is 0.127. The van der Waals surface area contributed by atoms with Gasteiger partial charge < -0.3 is 9.15 Å². The van der Waals surface area contributed by atoms with Gasteiger partial charge in [0.15, 0.2) is 11.9 Å². The van der Waals surface area contributed by atoms with E-state index in [-0.39, 0.29) is 5.76 Å². The molecule has 1 atom stereocenters. The van der Waals surface area contributed by atoms with Crippen molar-refractivity contribution >= 4 is 18.0 Å². The van der Waals surface area contributed by atoms with E-state index >= 15 is 0 Å². The van der Waals surface area contributed by atoms with Crippen molar-refractivity contribution in [3.8, 4) is 11.8 Å². The summed E-state index contributed by atoms with van der Waals surface area (Å²) in [5, 5.41) is 22.8. The lowest BCUT2D eigenvalue weighted by molar-refractivity contribution is -0.402. The average Bonchev–Trinajstić information content (AvgIpc) is 3.04. The van der Waals surface area contributed by atoms with Crippen molar-refractivity contribution in [2.45, 2.75) is 13.0 Å². The monoisotopic (exact) mass is 328 g/mol. The highest BCUT2D eigenvalue weighted by atomic mass is 16.6. The van der Waals surface area contributed by atoms with Gasteiger partial charge >= 0.3 is 5.88 Å². The minimum Gasteiger partial charge on any atom is -0.481 e. The van der Waals surface area contributed by atoms with Crippen molar-refractivity contribution in [2.75, 3.05) is 0 Å². The van der Waals surface area contributed by atoms with Gasteiger partial charge in [0, 0.05) is 0 Å². The molecular weight excluding hydrogens is 316 g/mol. The van der Waals surface area contributed by atoms with Gasteiger partial charge in [-0.15, -0.1) is 0 Å². The normalized spacial score (nSPS) is 11.7. The molecule has 0 aliphatic heterocycles. The van der Waals surface area contributed by atoms with Crippen molar-refractivity contribution in [1.29, 1.82) is 5.26 Å². The summed E-state index contributed by atoms with van der Waals surface area (Å²) < 4.78 is 10.3. The Morgan fingerprint density at radius 2 is 2.12 bits per heavy atom. The molecule has 1 aromatic carbocycles. The number of ether oxygens (including phenoxy) is 1. The molecule has 0 fully saturated rings. The first kappa shape index (κ1) is 16.7. The molecule has 1 amide bonds. The Labute approximate surface area is 136 Å². The predicted molar refractivity (Wildman–Crippen MR) is 82.3 cm³/mol. The highest BCUT2D eigenvalue weighted by Crippen LogP contribution is 2.14. The third-order valence-corrected chi connectivity index (χ3v) is 2.82. The first-order valence-corrected chi connectivity index (χ1v) is 6.73. The molecule has 0 spiro atoms. The third kappa shape index (κ3) is 4.41. The Bertz CT molecular complexity index is 804. The zero-order chi connectivity index (χ0) is 17.5. The molecular formula is C15H12N4O5. The fourth-order valence-electron chi connectivity index (χ4n) is 1.63. The number of hydrogen-bond acceptors (Lipinski definition) is 7. The lowest BCUT2D eigenvalue weighted by atomic mass is 10.2. The van der Waals surface area contributed by atoms with E-state index in [1.165, 1.54) is 19.1 Å². The number of rotatable bonds is 6. The van der Waals surface area contributed by atoms with Crippen LogP contribution in [0.3, 0.4) is 0 Å². The Morgan fingerprint density at radius 1 is 1.42 bits per heavy atom. The van der Waals surface area contributed by atoms with Crippen molar-refractivity contribution in [1.82, 2.24) is 5.43 Å². The second-order valence-corrected chi connectivity index (χ2v) is 4.56. The summed E-state index contributed by atoms with van der Waals surface area (Å²) in [7, 11) is 0. The van der Waals surface area contributed by atoms with E-state index in [1.807, 2.05) is 6.07 Å². The van der Waals surface area contributed by atoms with E-state index in [4.69, 9.17) is 14.4 Å². The zero-order valence-electron chi connectivity index (χ0n) is 12.5. The number of nitrogens with zero attached hydrogens (tertiary/aromatic N) is 3. The zero-order valence-corrected chi connectivity index (χ0v) is 12.5.